The zero-order valence-electron chi connectivity index (χ0n) is 14.0. The number of anilines is 1. The van der Waals surface area contributed by atoms with E-state index in [4.69, 9.17) is 4.74 Å². The summed E-state index contributed by atoms with van der Waals surface area (Å²) in [6.07, 6.45) is 0.731. The number of nitrogens with one attached hydrogen (secondary N) is 1. The van der Waals surface area contributed by atoms with E-state index in [1.54, 1.807) is 42.2 Å². The third-order valence-corrected chi connectivity index (χ3v) is 3.89. The number of phenolic OH excluding ortho intramolecular Hbond substituents is 1. The van der Waals surface area contributed by atoms with Gasteiger partial charge in [0.15, 0.2) is 0 Å². The average Bonchev–Trinajstić information content (AvgIpc) is 2.97. The summed E-state index contributed by atoms with van der Waals surface area (Å²) in [5.41, 5.74) is 2.49. The minimum atomic E-state index is -0.556. The normalized spacial score (nSPS) is 11.8. The van der Waals surface area contributed by atoms with Crippen LogP contribution in [0.3, 0.4) is 0 Å². The molecule has 3 aromatic rings. The molecule has 0 fully saturated rings. The first-order chi connectivity index (χ1) is 12.0. The van der Waals surface area contributed by atoms with Crippen LogP contribution in [0.25, 0.3) is 11.1 Å². The van der Waals surface area contributed by atoms with Crippen LogP contribution in [-0.4, -0.2) is 21.0 Å². The molecule has 1 aromatic heterocycles. The first kappa shape index (κ1) is 16.6. The predicted octanol–water partition coefficient (Wildman–Crippen LogP) is 4.10. The number of ether oxygens (including phenoxy) is 1. The van der Waals surface area contributed by atoms with Crippen LogP contribution in [-0.2, 0) is 11.8 Å². The molecule has 2 aromatic carbocycles. The van der Waals surface area contributed by atoms with Gasteiger partial charge in [0, 0.05) is 12.6 Å². The molecule has 3 rings (SSSR count). The Hall–Kier alpha value is -3.28. The highest BCUT2D eigenvalue weighted by Crippen LogP contribution is 2.29. The number of benzene rings is 2. The van der Waals surface area contributed by atoms with Gasteiger partial charge in [0.2, 0.25) is 0 Å². The Kier molecular flexibility index (Phi) is 4.70. The van der Waals surface area contributed by atoms with Crippen molar-refractivity contribution in [1.29, 1.82) is 0 Å². The molecule has 128 valence electrons. The van der Waals surface area contributed by atoms with Crippen LogP contribution in [0.2, 0.25) is 0 Å². The van der Waals surface area contributed by atoms with Crippen LogP contribution in [0.15, 0.2) is 60.8 Å². The van der Waals surface area contributed by atoms with Crippen molar-refractivity contribution in [3.63, 3.8) is 0 Å². The van der Waals surface area contributed by atoms with E-state index in [0.717, 1.165) is 16.7 Å². The Morgan fingerprint density at radius 2 is 1.84 bits per heavy atom. The Labute approximate surface area is 145 Å². The molecular weight excluding hydrogens is 318 g/mol. The number of amides is 1. The lowest BCUT2D eigenvalue weighted by molar-refractivity contribution is 0.121. The Bertz CT molecular complexity index is 857. The first-order valence-corrected chi connectivity index (χ1v) is 7.88. The molecule has 0 radical (unpaired) electrons. The minimum Gasteiger partial charge on any atom is -0.508 e. The van der Waals surface area contributed by atoms with E-state index in [2.05, 4.69) is 10.4 Å². The van der Waals surface area contributed by atoms with Gasteiger partial charge in [0.05, 0.1) is 6.20 Å². The molecule has 6 nitrogen and oxygen atoms in total. The third kappa shape index (κ3) is 3.80. The number of phenols is 1. The number of carbonyl (C=O) groups is 1. The SMILES string of the molecule is CC(OC(=O)Nc1c(-c2ccc(O)cc2)cnn1C)c1ccccc1. The van der Waals surface area contributed by atoms with Crippen LogP contribution in [0.4, 0.5) is 10.6 Å². The highest BCUT2D eigenvalue weighted by atomic mass is 16.6. The number of hydrogen-bond acceptors (Lipinski definition) is 4. The summed E-state index contributed by atoms with van der Waals surface area (Å²) < 4.78 is 7.01. The summed E-state index contributed by atoms with van der Waals surface area (Å²) in [4.78, 5) is 12.3. The molecule has 1 atom stereocenters. The van der Waals surface area contributed by atoms with Gasteiger partial charge in [-0.1, -0.05) is 42.5 Å². The molecule has 6 heteroatoms. The van der Waals surface area contributed by atoms with Gasteiger partial charge < -0.3 is 9.84 Å². The second-order valence-electron chi connectivity index (χ2n) is 5.66. The highest BCUT2D eigenvalue weighted by Gasteiger charge is 2.17. The molecule has 0 saturated heterocycles. The Morgan fingerprint density at radius 3 is 2.52 bits per heavy atom. The number of nitrogens with zero attached hydrogens (tertiary/aromatic N) is 2. The summed E-state index contributed by atoms with van der Waals surface area (Å²) in [5, 5.41) is 16.4. The van der Waals surface area contributed by atoms with E-state index in [1.807, 2.05) is 37.3 Å². The van der Waals surface area contributed by atoms with Gasteiger partial charge in [-0.15, -0.1) is 0 Å². The van der Waals surface area contributed by atoms with Gasteiger partial charge in [-0.05, 0) is 30.2 Å². The summed E-state index contributed by atoms with van der Waals surface area (Å²) in [5.74, 6) is 0.703. The van der Waals surface area contributed by atoms with Gasteiger partial charge >= 0.3 is 6.09 Å². The lowest BCUT2D eigenvalue weighted by Gasteiger charge is -2.15. The summed E-state index contributed by atoms with van der Waals surface area (Å²) in [6, 6.07) is 16.2. The van der Waals surface area contributed by atoms with E-state index >= 15 is 0 Å². The summed E-state index contributed by atoms with van der Waals surface area (Å²) >= 11 is 0. The highest BCUT2D eigenvalue weighted by molar-refractivity contribution is 5.90. The number of aryl methyl sites for hydroxylation is 1. The third-order valence-electron chi connectivity index (χ3n) is 3.89. The van der Waals surface area contributed by atoms with Crippen molar-refractivity contribution < 1.29 is 14.6 Å². The molecular formula is C19H19N3O3. The molecule has 0 spiro atoms. The Balaban J connectivity index is 1.75. The van der Waals surface area contributed by atoms with Crippen molar-refractivity contribution in [3.8, 4) is 16.9 Å². The molecule has 0 saturated carbocycles. The molecule has 2 N–H and O–H groups in total. The van der Waals surface area contributed by atoms with Crippen molar-refractivity contribution in [2.24, 2.45) is 7.05 Å². The van der Waals surface area contributed by atoms with Crippen molar-refractivity contribution >= 4 is 11.9 Å². The maximum absolute atomic E-state index is 12.3. The molecule has 25 heavy (non-hydrogen) atoms. The fraction of sp³-hybridized carbons (Fsp3) is 0.158. The Morgan fingerprint density at radius 1 is 1.16 bits per heavy atom. The summed E-state index contributed by atoms with van der Waals surface area (Å²) in [6.45, 7) is 1.82. The lowest BCUT2D eigenvalue weighted by atomic mass is 10.1. The zero-order chi connectivity index (χ0) is 17.8. The molecule has 1 amide bonds. The maximum atomic E-state index is 12.3. The lowest BCUT2D eigenvalue weighted by Crippen LogP contribution is -2.18. The topological polar surface area (TPSA) is 76.4 Å². The predicted molar refractivity (Wildman–Crippen MR) is 95.3 cm³/mol. The number of hydrogen-bond donors (Lipinski definition) is 2. The number of rotatable bonds is 4. The van der Waals surface area contributed by atoms with Crippen LogP contribution in [0.1, 0.15) is 18.6 Å². The fourth-order valence-corrected chi connectivity index (χ4v) is 2.52. The van der Waals surface area contributed by atoms with Gasteiger partial charge in [-0.2, -0.15) is 5.10 Å². The smallest absolute Gasteiger partial charge is 0.413 e. The van der Waals surface area contributed by atoms with E-state index in [1.165, 1.54) is 0 Å². The molecule has 0 aliphatic carbocycles. The largest absolute Gasteiger partial charge is 0.508 e. The number of aromatic hydroxyl groups is 1. The van der Waals surface area contributed by atoms with Crippen molar-refractivity contribution in [2.45, 2.75) is 13.0 Å². The van der Waals surface area contributed by atoms with Crippen molar-refractivity contribution in [1.82, 2.24) is 9.78 Å². The molecule has 0 bridgehead atoms. The van der Waals surface area contributed by atoms with Gasteiger partial charge in [0.1, 0.15) is 17.7 Å². The fourth-order valence-electron chi connectivity index (χ4n) is 2.52. The van der Waals surface area contributed by atoms with Crippen LogP contribution in [0, 0.1) is 0 Å². The minimum absolute atomic E-state index is 0.179. The monoisotopic (exact) mass is 337 g/mol. The van der Waals surface area contributed by atoms with E-state index < -0.39 is 6.09 Å². The molecule has 1 heterocycles. The second kappa shape index (κ2) is 7.09. The van der Waals surface area contributed by atoms with Crippen molar-refractivity contribution in [3.05, 3.63) is 66.4 Å². The van der Waals surface area contributed by atoms with E-state index in [0.29, 0.717) is 5.82 Å². The van der Waals surface area contributed by atoms with Crippen LogP contribution in [0.5, 0.6) is 5.75 Å². The molecule has 0 aliphatic rings. The van der Waals surface area contributed by atoms with E-state index in [9.17, 15) is 9.90 Å². The standard InChI is InChI=1S/C19H19N3O3/c1-13(14-6-4-3-5-7-14)25-19(24)21-18-17(12-20-22(18)2)15-8-10-16(23)11-9-15/h3-13,23H,1-2H3,(H,21,24). The molecule has 1 unspecified atom stereocenters. The van der Waals surface area contributed by atoms with Crippen LogP contribution >= 0.6 is 0 Å². The maximum Gasteiger partial charge on any atom is 0.413 e. The second-order valence-corrected chi connectivity index (χ2v) is 5.66. The van der Waals surface area contributed by atoms with E-state index in [-0.39, 0.29) is 11.9 Å². The van der Waals surface area contributed by atoms with Gasteiger partial charge in [-0.25, -0.2) is 4.79 Å². The van der Waals surface area contributed by atoms with Crippen molar-refractivity contribution in [2.75, 3.05) is 5.32 Å². The van der Waals surface area contributed by atoms with Gasteiger partial charge in [-0.3, -0.25) is 10.00 Å². The van der Waals surface area contributed by atoms with Gasteiger partial charge in [0.25, 0.3) is 0 Å². The summed E-state index contributed by atoms with van der Waals surface area (Å²) in [7, 11) is 1.74. The average molecular weight is 337 g/mol. The quantitative estimate of drug-likeness (QED) is 0.751. The zero-order valence-corrected chi connectivity index (χ0v) is 14.0. The molecule has 0 aliphatic heterocycles. The number of carbonyl (C=O) groups excluding carboxylic acids is 1. The first-order valence-electron chi connectivity index (χ1n) is 7.88. The van der Waals surface area contributed by atoms with Crippen LogP contribution < -0.4 is 5.32 Å². The number of aromatic nitrogens is 2.